The van der Waals surface area contributed by atoms with Crippen molar-refractivity contribution in [1.82, 2.24) is 4.98 Å². The summed E-state index contributed by atoms with van der Waals surface area (Å²) < 4.78 is 0. The van der Waals surface area contributed by atoms with Gasteiger partial charge in [0, 0.05) is 16.1 Å². The molecule has 0 saturated carbocycles. The molecule has 2 aromatic rings. The maximum Gasteiger partial charge on any atom is 0.336 e. The normalized spacial score (nSPS) is 18.0. The molecule has 4 heteroatoms. The smallest absolute Gasteiger partial charge is 0.336 e. The van der Waals surface area contributed by atoms with Gasteiger partial charge in [0.05, 0.1) is 11.1 Å². The molecule has 0 aliphatic heterocycles. The van der Waals surface area contributed by atoms with Gasteiger partial charge in [0.1, 0.15) is 0 Å². The van der Waals surface area contributed by atoms with E-state index in [-0.39, 0.29) is 0 Å². The number of carboxylic acids is 1. The van der Waals surface area contributed by atoms with Gasteiger partial charge in [-0.1, -0.05) is 24.9 Å². The maximum atomic E-state index is 11.7. The van der Waals surface area contributed by atoms with Crippen LogP contribution in [0.25, 0.3) is 10.9 Å². The van der Waals surface area contributed by atoms with Gasteiger partial charge in [-0.3, -0.25) is 4.98 Å². The molecular formula is C16H16ClNO2. The number of rotatable bonds is 2. The Balaban J connectivity index is 2.30. The van der Waals surface area contributed by atoms with Crippen molar-refractivity contribution in [1.29, 1.82) is 0 Å². The third-order valence-corrected chi connectivity index (χ3v) is 4.44. The zero-order valence-electron chi connectivity index (χ0n) is 11.3. The number of pyridine rings is 1. The van der Waals surface area contributed by atoms with Gasteiger partial charge in [0.25, 0.3) is 0 Å². The van der Waals surface area contributed by atoms with Crippen LogP contribution in [0, 0.1) is 5.92 Å². The van der Waals surface area contributed by atoms with E-state index in [2.05, 4.69) is 11.9 Å². The number of carbonyl (C=O) groups is 1. The predicted molar refractivity (Wildman–Crippen MR) is 79.5 cm³/mol. The van der Waals surface area contributed by atoms with Gasteiger partial charge < -0.3 is 5.11 Å². The topological polar surface area (TPSA) is 50.2 Å². The zero-order chi connectivity index (χ0) is 14.3. The summed E-state index contributed by atoms with van der Waals surface area (Å²) in [6.45, 7) is 2.15. The lowest BCUT2D eigenvalue weighted by Crippen LogP contribution is -2.19. The highest BCUT2D eigenvalue weighted by Crippen LogP contribution is 2.33. The van der Waals surface area contributed by atoms with Crippen LogP contribution in [0.5, 0.6) is 0 Å². The van der Waals surface area contributed by atoms with Crippen LogP contribution in [0.3, 0.4) is 0 Å². The quantitative estimate of drug-likeness (QED) is 0.905. The lowest BCUT2D eigenvalue weighted by atomic mass is 9.82. The van der Waals surface area contributed by atoms with E-state index >= 15 is 0 Å². The van der Waals surface area contributed by atoms with Crippen molar-refractivity contribution in [3.05, 3.63) is 40.0 Å². The number of hydrogen-bond acceptors (Lipinski definition) is 2. The molecule has 3 rings (SSSR count). The fourth-order valence-electron chi connectivity index (χ4n) is 3.08. The summed E-state index contributed by atoms with van der Waals surface area (Å²) in [7, 11) is 0. The van der Waals surface area contributed by atoms with Crippen LogP contribution in [-0.2, 0) is 12.8 Å². The number of aryl methyl sites for hydroxylation is 1. The van der Waals surface area contributed by atoms with Gasteiger partial charge in [0.15, 0.2) is 0 Å². The first kappa shape index (κ1) is 13.4. The molecule has 1 aliphatic carbocycles. The second-order valence-electron chi connectivity index (χ2n) is 5.40. The molecule has 0 amide bonds. The number of aromatic carboxylic acids is 1. The highest BCUT2D eigenvalue weighted by molar-refractivity contribution is 6.31. The lowest BCUT2D eigenvalue weighted by molar-refractivity contribution is 0.0697. The molecule has 1 unspecified atom stereocenters. The molecule has 0 fully saturated rings. The van der Waals surface area contributed by atoms with Gasteiger partial charge in [-0.2, -0.15) is 0 Å². The molecule has 0 spiro atoms. The summed E-state index contributed by atoms with van der Waals surface area (Å²) in [5.74, 6) is -0.327. The Morgan fingerprint density at radius 2 is 2.30 bits per heavy atom. The molecule has 1 N–H and O–H groups in total. The Hall–Kier alpha value is -1.61. The predicted octanol–water partition coefficient (Wildman–Crippen LogP) is 4.10. The van der Waals surface area contributed by atoms with E-state index in [1.165, 1.54) is 0 Å². The summed E-state index contributed by atoms with van der Waals surface area (Å²) in [6.07, 6.45) is 3.84. The van der Waals surface area contributed by atoms with Crippen molar-refractivity contribution >= 4 is 28.5 Å². The van der Waals surface area contributed by atoms with Crippen molar-refractivity contribution in [2.75, 3.05) is 0 Å². The molecule has 1 heterocycles. The van der Waals surface area contributed by atoms with E-state index in [0.717, 1.165) is 42.5 Å². The van der Waals surface area contributed by atoms with Crippen molar-refractivity contribution in [2.45, 2.75) is 32.6 Å². The average molecular weight is 290 g/mol. The van der Waals surface area contributed by atoms with Crippen LogP contribution in [0.1, 0.15) is 41.4 Å². The van der Waals surface area contributed by atoms with Crippen LogP contribution < -0.4 is 0 Å². The summed E-state index contributed by atoms with van der Waals surface area (Å²) in [4.78, 5) is 16.4. The van der Waals surface area contributed by atoms with Crippen LogP contribution in [0.4, 0.5) is 0 Å². The molecule has 1 aromatic heterocycles. The van der Waals surface area contributed by atoms with Crippen molar-refractivity contribution in [3.8, 4) is 0 Å². The molecule has 3 nitrogen and oxygen atoms in total. The first-order chi connectivity index (χ1) is 9.60. The Labute approximate surface area is 122 Å². The molecular weight excluding hydrogens is 274 g/mol. The first-order valence-corrected chi connectivity index (χ1v) is 7.32. The van der Waals surface area contributed by atoms with E-state index in [4.69, 9.17) is 11.6 Å². The summed E-state index contributed by atoms with van der Waals surface area (Å²) >= 11 is 6.01. The van der Waals surface area contributed by atoms with Crippen molar-refractivity contribution in [2.24, 2.45) is 5.92 Å². The molecule has 1 atom stereocenters. The van der Waals surface area contributed by atoms with E-state index in [1.54, 1.807) is 18.2 Å². The highest BCUT2D eigenvalue weighted by atomic mass is 35.5. The van der Waals surface area contributed by atoms with Crippen molar-refractivity contribution in [3.63, 3.8) is 0 Å². The van der Waals surface area contributed by atoms with E-state index in [0.29, 0.717) is 21.9 Å². The third kappa shape index (κ3) is 2.16. The van der Waals surface area contributed by atoms with Crippen LogP contribution in [0.2, 0.25) is 5.02 Å². The molecule has 0 bridgehead atoms. The monoisotopic (exact) mass is 289 g/mol. The standard InChI is InChI=1S/C16H16ClNO2/c1-2-9-3-5-13-11(7-9)15(16(19)20)12-8-10(17)4-6-14(12)18-13/h4,6,8-9H,2-3,5,7H2,1H3,(H,19,20). The fourth-order valence-corrected chi connectivity index (χ4v) is 3.25. The second-order valence-corrected chi connectivity index (χ2v) is 5.83. The number of aromatic nitrogens is 1. The minimum Gasteiger partial charge on any atom is -0.478 e. The average Bonchev–Trinajstić information content (AvgIpc) is 2.43. The summed E-state index contributed by atoms with van der Waals surface area (Å²) in [5.41, 5.74) is 2.97. The number of fused-ring (bicyclic) bond motifs is 2. The summed E-state index contributed by atoms with van der Waals surface area (Å²) in [5, 5.41) is 10.8. The number of carboxylic acid groups (broad SMARTS) is 1. The first-order valence-electron chi connectivity index (χ1n) is 6.94. The number of nitrogens with zero attached hydrogens (tertiary/aromatic N) is 1. The molecule has 1 aliphatic rings. The lowest BCUT2D eigenvalue weighted by Gasteiger charge is -2.25. The second kappa shape index (κ2) is 5.06. The number of benzene rings is 1. The molecule has 1 aromatic carbocycles. The molecule has 0 saturated heterocycles. The number of halogens is 1. The Morgan fingerprint density at radius 1 is 1.50 bits per heavy atom. The van der Waals surface area contributed by atoms with Crippen LogP contribution in [0.15, 0.2) is 18.2 Å². The van der Waals surface area contributed by atoms with Gasteiger partial charge in [-0.25, -0.2) is 4.79 Å². The zero-order valence-corrected chi connectivity index (χ0v) is 12.1. The third-order valence-electron chi connectivity index (χ3n) is 4.21. The van der Waals surface area contributed by atoms with Gasteiger partial charge >= 0.3 is 5.97 Å². The van der Waals surface area contributed by atoms with Crippen LogP contribution >= 0.6 is 11.6 Å². The Morgan fingerprint density at radius 3 is 3.00 bits per heavy atom. The van der Waals surface area contributed by atoms with E-state index in [9.17, 15) is 9.90 Å². The number of hydrogen-bond donors (Lipinski definition) is 1. The maximum absolute atomic E-state index is 11.7. The van der Waals surface area contributed by atoms with Gasteiger partial charge in [0.2, 0.25) is 0 Å². The molecule has 104 valence electrons. The van der Waals surface area contributed by atoms with E-state index in [1.807, 2.05) is 0 Å². The Kier molecular flexibility index (Phi) is 3.38. The molecule has 0 radical (unpaired) electrons. The van der Waals surface area contributed by atoms with E-state index < -0.39 is 5.97 Å². The largest absolute Gasteiger partial charge is 0.478 e. The van der Waals surface area contributed by atoms with Crippen LogP contribution in [-0.4, -0.2) is 16.1 Å². The minimum atomic E-state index is -0.882. The SMILES string of the molecule is CCC1CCc2nc3ccc(Cl)cc3c(C(=O)O)c2C1. The fraction of sp³-hybridized carbons (Fsp3) is 0.375. The Bertz CT molecular complexity index is 696. The van der Waals surface area contributed by atoms with Gasteiger partial charge in [-0.05, 0) is 48.9 Å². The van der Waals surface area contributed by atoms with Crippen molar-refractivity contribution < 1.29 is 9.90 Å². The van der Waals surface area contributed by atoms with Gasteiger partial charge in [-0.15, -0.1) is 0 Å². The molecule has 20 heavy (non-hydrogen) atoms. The highest BCUT2D eigenvalue weighted by Gasteiger charge is 2.26. The summed E-state index contributed by atoms with van der Waals surface area (Å²) in [6, 6.07) is 5.27. The minimum absolute atomic E-state index is 0.394.